The molecule has 23 heavy (non-hydrogen) atoms. The third kappa shape index (κ3) is 2.25. The molecule has 0 amide bonds. The highest BCUT2D eigenvalue weighted by Crippen LogP contribution is 2.29. The summed E-state index contributed by atoms with van der Waals surface area (Å²) >= 11 is 0. The lowest BCUT2D eigenvalue weighted by Gasteiger charge is -2.06. The molecule has 3 heterocycles. The van der Waals surface area contributed by atoms with Crippen molar-refractivity contribution in [2.75, 3.05) is 11.9 Å². The SMILES string of the molecule is c1cc2cc(-c3cnc4ccc(NCC5CC5)nn34)ccc2[nH]1. The lowest BCUT2D eigenvalue weighted by atomic mass is 10.1. The number of aromatic amines is 1. The summed E-state index contributed by atoms with van der Waals surface area (Å²) in [4.78, 5) is 7.70. The van der Waals surface area contributed by atoms with Gasteiger partial charge in [-0.1, -0.05) is 6.07 Å². The molecule has 114 valence electrons. The average molecular weight is 303 g/mol. The Morgan fingerprint density at radius 3 is 3.04 bits per heavy atom. The molecule has 0 saturated heterocycles. The van der Waals surface area contributed by atoms with Gasteiger partial charge in [0.05, 0.1) is 11.9 Å². The van der Waals surface area contributed by atoms with Crippen molar-refractivity contribution >= 4 is 22.4 Å². The highest BCUT2D eigenvalue weighted by molar-refractivity contribution is 5.84. The van der Waals surface area contributed by atoms with Crippen molar-refractivity contribution in [3.63, 3.8) is 0 Å². The lowest BCUT2D eigenvalue weighted by Crippen LogP contribution is -2.07. The van der Waals surface area contributed by atoms with Gasteiger partial charge in [-0.25, -0.2) is 9.50 Å². The smallest absolute Gasteiger partial charge is 0.154 e. The van der Waals surface area contributed by atoms with Gasteiger partial charge in [0.25, 0.3) is 0 Å². The van der Waals surface area contributed by atoms with E-state index in [2.05, 4.69) is 39.6 Å². The zero-order valence-electron chi connectivity index (χ0n) is 12.7. The fourth-order valence-electron chi connectivity index (χ4n) is 2.95. The Hall–Kier alpha value is -2.82. The molecule has 0 bridgehead atoms. The molecule has 3 aromatic heterocycles. The Labute approximate surface area is 133 Å². The van der Waals surface area contributed by atoms with Gasteiger partial charge < -0.3 is 10.3 Å². The van der Waals surface area contributed by atoms with Crippen LogP contribution < -0.4 is 5.32 Å². The number of rotatable bonds is 4. The molecule has 0 atom stereocenters. The molecule has 1 aromatic carbocycles. The molecule has 0 unspecified atom stereocenters. The zero-order chi connectivity index (χ0) is 15.2. The van der Waals surface area contributed by atoms with Gasteiger partial charge in [0.15, 0.2) is 5.65 Å². The molecule has 5 heteroatoms. The molecular formula is C18H17N5. The first-order chi connectivity index (χ1) is 11.4. The molecule has 0 aliphatic heterocycles. The Kier molecular flexibility index (Phi) is 2.67. The normalized spacial score (nSPS) is 14.6. The number of nitrogens with zero attached hydrogens (tertiary/aromatic N) is 3. The van der Waals surface area contributed by atoms with Crippen LogP contribution in [0.1, 0.15) is 12.8 Å². The van der Waals surface area contributed by atoms with Crippen LogP contribution in [0, 0.1) is 5.92 Å². The van der Waals surface area contributed by atoms with Crippen molar-refractivity contribution in [1.29, 1.82) is 0 Å². The third-order valence-electron chi connectivity index (χ3n) is 4.48. The van der Waals surface area contributed by atoms with Crippen LogP contribution in [-0.2, 0) is 0 Å². The number of hydrogen-bond acceptors (Lipinski definition) is 3. The highest BCUT2D eigenvalue weighted by atomic mass is 15.3. The lowest BCUT2D eigenvalue weighted by molar-refractivity contribution is 0.862. The fourth-order valence-corrected chi connectivity index (χ4v) is 2.95. The average Bonchev–Trinajstić information content (AvgIpc) is 3.13. The van der Waals surface area contributed by atoms with E-state index in [1.807, 2.05) is 29.0 Å². The second-order valence-corrected chi connectivity index (χ2v) is 6.24. The van der Waals surface area contributed by atoms with Gasteiger partial charge in [0, 0.05) is 29.2 Å². The van der Waals surface area contributed by atoms with Crippen molar-refractivity contribution in [1.82, 2.24) is 19.6 Å². The van der Waals surface area contributed by atoms with E-state index in [0.717, 1.165) is 40.7 Å². The largest absolute Gasteiger partial charge is 0.368 e. The van der Waals surface area contributed by atoms with Crippen LogP contribution in [0.5, 0.6) is 0 Å². The van der Waals surface area contributed by atoms with E-state index >= 15 is 0 Å². The molecule has 1 aliphatic rings. The van der Waals surface area contributed by atoms with Crippen LogP contribution in [-0.4, -0.2) is 26.1 Å². The number of fused-ring (bicyclic) bond motifs is 2. The molecule has 5 rings (SSSR count). The summed E-state index contributed by atoms with van der Waals surface area (Å²) < 4.78 is 1.92. The minimum Gasteiger partial charge on any atom is -0.368 e. The predicted octanol–water partition coefficient (Wildman–Crippen LogP) is 3.70. The van der Waals surface area contributed by atoms with Crippen molar-refractivity contribution in [2.45, 2.75) is 12.8 Å². The number of benzene rings is 1. The Morgan fingerprint density at radius 2 is 2.13 bits per heavy atom. The van der Waals surface area contributed by atoms with Gasteiger partial charge in [-0.15, -0.1) is 5.10 Å². The predicted molar refractivity (Wildman–Crippen MR) is 91.5 cm³/mol. The van der Waals surface area contributed by atoms with Crippen molar-refractivity contribution in [2.24, 2.45) is 5.92 Å². The van der Waals surface area contributed by atoms with Crippen molar-refractivity contribution in [3.8, 4) is 11.3 Å². The van der Waals surface area contributed by atoms with E-state index in [4.69, 9.17) is 5.10 Å². The van der Waals surface area contributed by atoms with E-state index in [0.29, 0.717) is 0 Å². The fraction of sp³-hybridized carbons (Fsp3) is 0.222. The Bertz CT molecular complexity index is 993. The molecule has 5 nitrogen and oxygen atoms in total. The molecular weight excluding hydrogens is 286 g/mol. The molecule has 4 aromatic rings. The highest BCUT2D eigenvalue weighted by Gasteiger charge is 2.20. The second-order valence-electron chi connectivity index (χ2n) is 6.24. The van der Waals surface area contributed by atoms with Crippen molar-refractivity contribution < 1.29 is 0 Å². The van der Waals surface area contributed by atoms with Crippen LogP contribution in [0.25, 0.3) is 27.8 Å². The Morgan fingerprint density at radius 1 is 1.17 bits per heavy atom. The topological polar surface area (TPSA) is 58.0 Å². The summed E-state index contributed by atoms with van der Waals surface area (Å²) in [7, 11) is 0. The number of aromatic nitrogens is 4. The molecule has 1 fully saturated rings. The number of hydrogen-bond donors (Lipinski definition) is 2. The number of anilines is 1. The van der Waals surface area contributed by atoms with Crippen molar-refractivity contribution in [3.05, 3.63) is 48.8 Å². The first kappa shape index (κ1) is 12.7. The molecule has 1 aliphatic carbocycles. The monoisotopic (exact) mass is 303 g/mol. The maximum atomic E-state index is 4.71. The van der Waals surface area contributed by atoms with Gasteiger partial charge in [-0.2, -0.15) is 0 Å². The maximum Gasteiger partial charge on any atom is 0.154 e. The maximum absolute atomic E-state index is 4.71. The number of imidazole rings is 1. The molecule has 1 saturated carbocycles. The molecule has 0 radical (unpaired) electrons. The van der Waals surface area contributed by atoms with Crippen LogP contribution in [0.15, 0.2) is 48.8 Å². The van der Waals surface area contributed by atoms with Crippen LogP contribution >= 0.6 is 0 Å². The van der Waals surface area contributed by atoms with Crippen LogP contribution in [0.3, 0.4) is 0 Å². The summed E-state index contributed by atoms with van der Waals surface area (Å²) in [6.07, 6.45) is 6.52. The van der Waals surface area contributed by atoms with Gasteiger partial charge in [-0.05, 0) is 49.1 Å². The van der Waals surface area contributed by atoms with Gasteiger partial charge in [0.2, 0.25) is 0 Å². The molecule has 2 N–H and O–H groups in total. The summed E-state index contributed by atoms with van der Waals surface area (Å²) in [5.41, 5.74) is 4.14. The minimum atomic E-state index is 0.825. The standard InChI is InChI=1S/C18H17N5/c1-2-12(1)10-20-17-5-6-18-21-11-16(23(18)22-17)14-3-4-15-13(9-14)7-8-19-15/h3-9,11-12,19H,1-2,10H2,(H,20,22). The quantitative estimate of drug-likeness (QED) is 0.604. The van der Waals surface area contributed by atoms with E-state index in [9.17, 15) is 0 Å². The van der Waals surface area contributed by atoms with Crippen LogP contribution in [0.2, 0.25) is 0 Å². The first-order valence-corrected chi connectivity index (χ1v) is 8.03. The number of H-pyrrole nitrogens is 1. The first-order valence-electron chi connectivity index (χ1n) is 8.03. The van der Waals surface area contributed by atoms with E-state index in [1.54, 1.807) is 0 Å². The zero-order valence-corrected chi connectivity index (χ0v) is 12.7. The minimum absolute atomic E-state index is 0.825. The van der Waals surface area contributed by atoms with E-state index < -0.39 is 0 Å². The summed E-state index contributed by atoms with van der Waals surface area (Å²) in [6, 6.07) is 12.5. The summed E-state index contributed by atoms with van der Waals surface area (Å²) in [5.74, 6) is 1.73. The van der Waals surface area contributed by atoms with E-state index in [-0.39, 0.29) is 0 Å². The summed E-state index contributed by atoms with van der Waals surface area (Å²) in [6.45, 7) is 1.01. The Balaban J connectivity index is 1.57. The van der Waals surface area contributed by atoms with Crippen LogP contribution in [0.4, 0.5) is 5.82 Å². The van der Waals surface area contributed by atoms with Gasteiger partial charge in [-0.3, -0.25) is 0 Å². The third-order valence-corrected chi connectivity index (χ3v) is 4.48. The van der Waals surface area contributed by atoms with Gasteiger partial charge in [0.1, 0.15) is 5.82 Å². The molecule has 0 spiro atoms. The number of nitrogens with one attached hydrogen (secondary N) is 2. The van der Waals surface area contributed by atoms with E-state index in [1.165, 1.54) is 18.2 Å². The summed E-state index contributed by atoms with van der Waals surface area (Å²) in [5, 5.41) is 9.34. The second kappa shape index (κ2) is 4.84. The van der Waals surface area contributed by atoms with Gasteiger partial charge >= 0.3 is 0 Å².